The smallest absolute Gasteiger partial charge is 0.333 e. The zero-order valence-electron chi connectivity index (χ0n) is 15.1. The van der Waals surface area contributed by atoms with Gasteiger partial charge in [-0.15, -0.1) is 0 Å². The van der Waals surface area contributed by atoms with Crippen molar-refractivity contribution in [2.75, 3.05) is 0 Å². The van der Waals surface area contributed by atoms with Crippen LogP contribution >= 0.6 is 0 Å². The third kappa shape index (κ3) is 3.31. The maximum Gasteiger partial charge on any atom is 0.435 e. The topological polar surface area (TPSA) is 93.3 Å². The fourth-order valence-corrected chi connectivity index (χ4v) is 3.19. The first-order chi connectivity index (χ1) is 14.6. The predicted molar refractivity (Wildman–Crippen MR) is 98.3 cm³/mol. The van der Waals surface area contributed by atoms with Crippen molar-refractivity contribution in [2.24, 2.45) is 0 Å². The third-order valence-corrected chi connectivity index (χ3v) is 4.47. The lowest BCUT2D eigenvalue weighted by Crippen LogP contribution is -2.20. The number of aromatic amines is 1. The summed E-state index contributed by atoms with van der Waals surface area (Å²) in [6.45, 7) is 0. The molecule has 31 heavy (non-hydrogen) atoms. The Labute approximate surface area is 168 Å². The van der Waals surface area contributed by atoms with Crippen LogP contribution in [0.4, 0.5) is 27.6 Å². The highest BCUT2D eigenvalue weighted by atomic mass is 19.4. The van der Waals surface area contributed by atoms with Crippen LogP contribution in [0.2, 0.25) is 0 Å². The number of nitrogens with one attached hydrogen (secondary N) is 1. The van der Waals surface area contributed by atoms with Gasteiger partial charge in [-0.05, 0) is 12.1 Å². The van der Waals surface area contributed by atoms with Gasteiger partial charge < -0.3 is 4.98 Å². The molecule has 2 heterocycles. The highest BCUT2D eigenvalue weighted by molar-refractivity contribution is 5.83. The van der Waals surface area contributed by atoms with Crippen LogP contribution in [0.1, 0.15) is 5.69 Å². The molecule has 1 N–H and O–H groups in total. The maximum atomic E-state index is 14.4. The second kappa shape index (κ2) is 7.00. The predicted octanol–water partition coefficient (Wildman–Crippen LogP) is 4.56. The Bertz CT molecular complexity index is 1390. The number of alkyl halides is 3. The zero-order valence-corrected chi connectivity index (χ0v) is 15.1. The first kappa shape index (κ1) is 20.2. The molecule has 158 valence electrons. The molecule has 0 fully saturated rings. The van der Waals surface area contributed by atoms with E-state index in [2.05, 4.69) is 10.1 Å². The van der Waals surface area contributed by atoms with Crippen LogP contribution in [-0.4, -0.2) is 19.5 Å². The SMILES string of the molecule is O=c1c([N+](=O)[O-])c(-c2ccccc2)[nH]c2c(-c3ccc(F)cc3F)c(C(F)(F)F)nn12. The van der Waals surface area contributed by atoms with Crippen LogP contribution in [0, 0.1) is 21.7 Å². The van der Waals surface area contributed by atoms with Crippen LogP contribution in [0.15, 0.2) is 53.3 Å². The average molecular weight is 436 g/mol. The Morgan fingerprint density at radius 3 is 2.32 bits per heavy atom. The molecule has 0 amide bonds. The molecule has 2 aromatic carbocycles. The average Bonchev–Trinajstić information content (AvgIpc) is 3.08. The molecule has 0 aliphatic carbocycles. The van der Waals surface area contributed by atoms with Gasteiger partial charge in [0.1, 0.15) is 23.0 Å². The second-order valence-corrected chi connectivity index (χ2v) is 6.38. The minimum Gasteiger partial charge on any atom is -0.333 e. The lowest BCUT2D eigenvalue weighted by Gasteiger charge is -2.08. The quantitative estimate of drug-likeness (QED) is 0.289. The van der Waals surface area contributed by atoms with Crippen molar-refractivity contribution in [3.05, 3.63) is 86.3 Å². The van der Waals surface area contributed by atoms with E-state index in [1.807, 2.05) is 0 Å². The van der Waals surface area contributed by atoms with E-state index >= 15 is 0 Å². The number of H-pyrrole nitrogens is 1. The molecule has 0 saturated heterocycles. The van der Waals surface area contributed by atoms with Gasteiger partial charge in [0.2, 0.25) is 0 Å². The summed E-state index contributed by atoms with van der Waals surface area (Å²) < 4.78 is 68.9. The number of nitrogens with zero attached hydrogens (tertiary/aromatic N) is 3. The third-order valence-electron chi connectivity index (χ3n) is 4.47. The number of rotatable bonds is 3. The highest BCUT2D eigenvalue weighted by Gasteiger charge is 2.41. The Morgan fingerprint density at radius 2 is 1.74 bits per heavy atom. The summed E-state index contributed by atoms with van der Waals surface area (Å²) >= 11 is 0. The largest absolute Gasteiger partial charge is 0.435 e. The van der Waals surface area contributed by atoms with Gasteiger partial charge >= 0.3 is 17.4 Å². The molecule has 0 radical (unpaired) electrons. The number of fused-ring (bicyclic) bond motifs is 1. The number of hydrogen-bond donors (Lipinski definition) is 1. The minimum absolute atomic E-state index is 0.133. The molecule has 12 heteroatoms. The summed E-state index contributed by atoms with van der Waals surface area (Å²) in [5.41, 5.74) is -6.60. The monoisotopic (exact) mass is 436 g/mol. The van der Waals surface area contributed by atoms with Crippen molar-refractivity contribution in [2.45, 2.75) is 6.18 Å². The first-order valence-corrected chi connectivity index (χ1v) is 8.51. The van der Waals surface area contributed by atoms with Crippen molar-refractivity contribution in [1.82, 2.24) is 14.6 Å². The molecular weight excluding hydrogens is 427 g/mol. The Balaban J connectivity index is 2.20. The van der Waals surface area contributed by atoms with E-state index in [9.17, 15) is 36.9 Å². The van der Waals surface area contributed by atoms with E-state index < -0.39 is 56.4 Å². The summed E-state index contributed by atoms with van der Waals surface area (Å²) in [6.07, 6.45) is -5.15. The Morgan fingerprint density at radius 1 is 1.06 bits per heavy atom. The van der Waals surface area contributed by atoms with Crippen LogP contribution in [0.5, 0.6) is 0 Å². The molecule has 0 saturated carbocycles. The van der Waals surface area contributed by atoms with E-state index in [-0.39, 0.29) is 15.8 Å². The Hall–Kier alpha value is -4.09. The van der Waals surface area contributed by atoms with Gasteiger partial charge in [-0.1, -0.05) is 30.3 Å². The molecule has 0 aliphatic heterocycles. The van der Waals surface area contributed by atoms with Gasteiger partial charge in [0.15, 0.2) is 5.69 Å². The zero-order chi connectivity index (χ0) is 22.5. The lowest BCUT2D eigenvalue weighted by atomic mass is 10.0. The van der Waals surface area contributed by atoms with Gasteiger partial charge in [-0.3, -0.25) is 14.9 Å². The minimum atomic E-state index is -5.15. The number of halogens is 5. The first-order valence-electron chi connectivity index (χ1n) is 8.51. The van der Waals surface area contributed by atoms with Crippen LogP contribution in [-0.2, 0) is 6.18 Å². The molecule has 0 aliphatic rings. The number of benzene rings is 2. The van der Waals surface area contributed by atoms with E-state index in [1.54, 1.807) is 6.07 Å². The van der Waals surface area contributed by atoms with Crippen molar-refractivity contribution in [1.29, 1.82) is 0 Å². The van der Waals surface area contributed by atoms with Crippen molar-refractivity contribution >= 4 is 11.3 Å². The second-order valence-electron chi connectivity index (χ2n) is 6.38. The Kier molecular flexibility index (Phi) is 4.56. The molecule has 0 atom stereocenters. The van der Waals surface area contributed by atoms with Gasteiger partial charge in [-0.25, -0.2) is 8.78 Å². The van der Waals surface area contributed by atoms with Gasteiger partial charge in [0, 0.05) is 17.2 Å². The number of nitro groups is 1. The van der Waals surface area contributed by atoms with E-state index in [1.165, 1.54) is 24.3 Å². The van der Waals surface area contributed by atoms with Crippen molar-refractivity contribution in [3.8, 4) is 22.4 Å². The van der Waals surface area contributed by atoms with Crippen LogP contribution in [0.3, 0.4) is 0 Å². The lowest BCUT2D eigenvalue weighted by molar-refractivity contribution is -0.385. The maximum absolute atomic E-state index is 14.4. The van der Waals surface area contributed by atoms with Crippen LogP contribution in [0.25, 0.3) is 28.0 Å². The van der Waals surface area contributed by atoms with Gasteiger partial charge in [0.25, 0.3) is 0 Å². The molecule has 0 unspecified atom stereocenters. The summed E-state index contributed by atoms with van der Waals surface area (Å²) in [7, 11) is 0. The summed E-state index contributed by atoms with van der Waals surface area (Å²) in [5.74, 6) is -2.36. The number of aromatic nitrogens is 3. The van der Waals surface area contributed by atoms with Crippen LogP contribution < -0.4 is 5.56 Å². The van der Waals surface area contributed by atoms with Crippen molar-refractivity contribution < 1.29 is 26.9 Å². The van der Waals surface area contributed by atoms with Crippen molar-refractivity contribution in [3.63, 3.8) is 0 Å². The fraction of sp³-hybridized carbons (Fsp3) is 0.0526. The summed E-state index contributed by atoms with van der Waals surface area (Å²) in [5, 5.41) is 14.7. The normalized spacial score (nSPS) is 11.8. The molecular formula is C19H9F5N4O3. The van der Waals surface area contributed by atoms with E-state index in [0.717, 1.165) is 12.1 Å². The molecule has 4 rings (SSSR count). The molecule has 7 nitrogen and oxygen atoms in total. The van der Waals surface area contributed by atoms with E-state index in [4.69, 9.17) is 0 Å². The summed E-state index contributed by atoms with van der Waals surface area (Å²) in [6, 6.07) is 9.26. The molecule has 2 aromatic heterocycles. The summed E-state index contributed by atoms with van der Waals surface area (Å²) in [4.78, 5) is 25.7. The number of hydrogen-bond acceptors (Lipinski definition) is 4. The molecule has 0 spiro atoms. The highest BCUT2D eigenvalue weighted by Crippen LogP contribution is 2.40. The molecule has 4 aromatic rings. The van der Waals surface area contributed by atoms with Gasteiger partial charge in [0.05, 0.1) is 10.5 Å². The standard InChI is InChI=1S/C19H9F5N4O3/c20-10-6-7-11(12(21)8-10)13-16(19(22,23)24)26-27-17(13)25-14(9-4-2-1-3-5-9)15(18(27)29)28(30)31/h1-8,25H. The molecule has 0 bridgehead atoms. The van der Waals surface area contributed by atoms with E-state index in [0.29, 0.717) is 6.07 Å². The van der Waals surface area contributed by atoms with Gasteiger partial charge in [-0.2, -0.15) is 22.8 Å². The fourth-order valence-electron chi connectivity index (χ4n) is 3.19.